The van der Waals surface area contributed by atoms with Gasteiger partial charge in [-0.05, 0) is 62.2 Å². The molecule has 2 heterocycles. The highest BCUT2D eigenvalue weighted by Gasteiger charge is 2.14. The van der Waals surface area contributed by atoms with E-state index in [9.17, 15) is 4.79 Å². The number of fused-ring (bicyclic) bond motifs is 1. The summed E-state index contributed by atoms with van der Waals surface area (Å²) in [5.41, 5.74) is 6.79. The van der Waals surface area contributed by atoms with Crippen LogP contribution in [0.4, 0.5) is 0 Å². The van der Waals surface area contributed by atoms with Gasteiger partial charge in [0.2, 0.25) is 0 Å². The van der Waals surface area contributed by atoms with Gasteiger partial charge in [0.15, 0.2) is 0 Å². The molecule has 0 bridgehead atoms. The number of aryl methyl sites for hydroxylation is 2. The van der Waals surface area contributed by atoms with Crippen LogP contribution in [0.15, 0.2) is 65.3 Å². The molecule has 0 saturated carbocycles. The fourth-order valence-electron chi connectivity index (χ4n) is 3.67. The van der Waals surface area contributed by atoms with Gasteiger partial charge in [-0.25, -0.2) is 0 Å². The van der Waals surface area contributed by atoms with Gasteiger partial charge in [-0.2, -0.15) is 0 Å². The number of nitrogens with one attached hydrogen (secondary N) is 1. The van der Waals surface area contributed by atoms with Crippen molar-refractivity contribution in [2.24, 2.45) is 0 Å². The van der Waals surface area contributed by atoms with Gasteiger partial charge in [0.25, 0.3) is 5.91 Å². The Morgan fingerprint density at radius 2 is 1.89 bits per heavy atom. The van der Waals surface area contributed by atoms with Crippen LogP contribution in [-0.2, 0) is 13.1 Å². The average Bonchev–Trinajstić information content (AvgIpc) is 3.29. The van der Waals surface area contributed by atoms with Crippen molar-refractivity contribution >= 4 is 16.8 Å². The first-order valence-corrected chi connectivity index (χ1v) is 9.48. The molecule has 4 heteroatoms. The Balaban J connectivity index is 1.63. The van der Waals surface area contributed by atoms with Crippen molar-refractivity contribution in [3.05, 3.63) is 94.6 Å². The Bertz CT molecular complexity index is 1140. The van der Waals surface area contributed by atoms with Crippen molar-refractivity contribution in [3.8, 4) is 0 Å². The van der Waals surface area contributed by atoms with Gasteiger partial charge in [0, 0.05) is 28.7 Å². The predicted octanol–water partition coefficient (Wildman–Crippen LogP) is 5.14. The monoisotopic (exact) mass is 372 g/mol. The van der Waals surface area contributed by atoms with E-state index in [4.69, 9.17) is 4.42 Å². The third kappa shape index (κ3) is 3.46. The molecule has 0 aliphatic carbocycles. The number of furan rings is 1. The highest BCUT2D eigenvalue weighted by atomic mass is 16.3. The molecule has 2 aromatic carbocycles. The lowest BCUT2D eigenvalue weighted by atomic mass is 10.1. The molecule has 0 aliphatic heterocycles. The van der Waals surface area contributed by atoms with E-state index < -0.39 is 0 Å². The molecule has 4 aromatic rings. The molecule has 0 spiro atoms. The fourth-order valence-corrected chi connectivity index (χ4v) is 3.67. The van der Waals surface area contributed by atoms with Crippen LogP contribution in [0.5, 0.6) is 0 Å². The molecule has 0 unspecified atom stereocenters. The minimum Gasteiger partial charge on any atom is -0.467 e. The van der Waals surface area contributed by atoms with Gasteiger partial charge in [-0.3, -0.25) is 4.79 Å². The van der Waals surface area contributed by atoms with E-state index in [0.717, 1.165) is 23.2 Å². The minimum absolute atomic E-state index is 0.0956. The SMILES string of the molecule is Cc1cccc(Cn2c(C)c(C)c3cc(C(=O)NCc4ccco4)ccc32)c1. The normalized spacial score (nSPS) is 11.1. The lowest BCUT2D eigenvalue weighted by molar-refractivity contribution is 0.0948. The van der Waals surface area contributed by atoms with Crippen LogP contribution in [0, 0.1) is 20.8 Å². The maximum absolute atomic E-state index is 12.6. The number of rotatable bonds is 5. The molecular formula is C24H24N2O2. The van der Waals surface area contributed by atoms with Crippen LogP contribution < -0.4 is 5.32 Å². The molecular weight excluding hydrogens is 348 g/mol. The van der Waals surface area contributed by atoms with Crippen molar-refractivity contribution in [2.45, 2.75) is 33.9 Å². The van der Waals surface area contributed by atoms with Crippen molar-refractivity contribution in [2.75, 3.05) is 0 Å². The number of carbonyl (C=O) groups is 1. The molecule has 0 fully saturated rings. The minimum atomic E-state index is -0.0956. The summed E-state index contributed by atoms with van der Waals surface area (Å²) in [4.78, 5) is 12.6. The first-order chi connectivity index (χ1) is 13.5. The van der Waals surface area contributed by atoms with Crippen molar-refractivity contribution < 1.29 is 9.21 Å². The highest BCUT2D eigenvalue weighted by molar-refractivity contribution is 5.99. The Kier molecular flexibility index (Phi) is 4.78. The van der Waals surface area contributed by atoms with E-state index in [2.05, 4.69) is 54.9 Å². The number of aromatic nitrogens is 1. The third-order valence-electron chi connectivity index (χ3n) is 5.33. The second-order valence-corrected chi connectivity index (χ2v) is 7.28. The lowest BCUT2D eigenvalue weighted by Gasteiger charge is -2.10. The van der Waals surface area contributed by atoms with E-state index in [1.807, 2.05) is 30.3 Å². The maximum Gasteiger partial charge on any atom is 0.251 e. The molecule has 28 heavy (non-hydrogen) atoms. The quantitative estimate of drug-likeness (QED) is 0.527. The van der Waals surface area contributed by atoms with Crippen LogP contribution in [0.25, 0.3) is 10.9 Å². The van der Waals surface area contributed by atoms with Gasteiger partial charge in [0.05, 0.1) is 12.8 Å². The number of hydrogen-bond donors (Lipinski definition) is 1. The molecule has 0 radical (unpaired) electrons. The van der Waals surface area contributed by atoms with Gasteiger partial charge < -0.3 is 14.3 Å². The number of hydrogen-bond acceptors (Lipinski definition) is 2. The number of benzene rings is 2. The largest absolute Gasteiger partial charge is 0.467 e. The summed E-state index contributed by atoms with van der Waals surface area (Å²) >= 11 is 0. The second-order valence-electron chi connectivity index (χ2n) is 7.28. The molecule has 0 saturated heterocycles. The summed E-state index contributed by atoms with van der Waals surface area (Å²) in [5, 5.41) is 4.03. The average molecular weight is 372 g/mol. The van der Waals surface area contributed by atoms with Gasteiger partial charge >= 0.3 is 0 Å². The Morgan fingerprint density at radius 1 is 1.04 bits per heavy atom. The molecule has 4 nitrogen and oxygen atoms in total. The first-order valence-electron chi connectivity index (χ1n) is 9.48. The molecule has 2 aromatic heterocycles. The Hall–Kier alpha value is -3.27. The first kappa shape index (κ1) is 18.1. The Morgan fingerprint density at radius 3 is 2.64 bits per heavy atom. The summed E-state index contributed by atoms with van der Waals surface area (Å²) in [5.74, 6) is 0.646. The third-order valence-corrected chi connectivity index (χ3v) is 5.33. The van der Waals surface area contributed by atoms with E-state index in [1.54, 1.807) is 6.26 Å². The molecule has 1 amide bonds. The smallest absolute Gasteiger partial charge is 0.251 e. The van der Waals surface area contributed by atoms with Gasteiger partial charge in [-0.1, -0.05) is 29.8 Å². The lowest BCUT2D eigenvalue weighted by Crippen LogP contribution is -2.22. The van der Waals surface area contributed by atoms with Crippen LogP contribution in [0.3, 0.4) is 0 Å². The molecule has 1 N–H and O–H groups in total. The molecule has 4 rings (SSSR count). The molecule has 0 atom stereocenters. The van der Waals surface area contributed by atoms with E-state index in [1.165, 1.54) is 22.4 Å². The van der Waals surface area contributed by atoms with E-state index in [-0.39, 0.29) is 5.91 Å². The van der Waals surface area contributed by atoms with Crippen molar-refractivity contribution in [1.29, 1.82) is 0 Å². The van der Waals surface area contributed by atoms with Gasteiger partial charge in [0.1, 0.15) is 5.76 Å². The second kappa shape index (κ2) is 7.39. The topological polar surface area (TPSA) is 47.2 Å². The summed E-state index contributed by atoms with van der Waals surface area (Å²) in [7, 11) is 0. The number of nitrogens with zero attached hydrogens (tertiary/aromatic N) is 1. The van der Waals surface area contributed by atoms with Crippen LogP contribution in [0.1, 0.15) is 38.5 Å². The Labute approximate surface area is 164 Å². The summed E-state index contributed by atoms with van der Waals surface area (Å²) < 4.78 is 7.60. The zero-order valence-electron chi connectivity index (χ0n) is 16.5. The van der Waals surface area contributed by atoms with Crippen LogP contribution in [-0.4, -0.2) is 10.5 Å². The highest BCUT2D eigenvalue weighted by Crippen LogP contribution is 2.27. The summed E-state index contributed by atoms with van der Waals surface area (Å²) in [6, 6.07) is 18.2. The summed E-state index contributed by atoms with van der Waals surface area (Å²) in [6.07, 6.45) is 1.61. The zero-order valence-corrected chi connectivity index (χ0v) is 16.5. The molecule has 142 valence electrons. The van der Waals surface area contributed by atoms with Crippen molar-refractivity contribution in [1.82, 2.24) is 9.88 Å². The zero-order chi connectivity index (χ0) is 19.7. The van der Waals surface area contributed by atoms with Crippen LogP contribution in [0.2, 0.25) is 0 Å². The summed E-state index contributed by atoms with van der Waals surface area (Å²) in [6.45, 7) is 7.58. The fraction of sp³-hybridized carbons (Fsp3) is 0.208. The number of amides is 1. The van der Waals surface area contributed by atoms with Crippen molar-refractivity contribution in [3.63, 3.8) is 0 Å². The van der Waals surface area contributed by atoms with Gasteiger partial charge in [-0.15, -0.1) is 0 Å². The standard InChI is InChI=1S/C24H24N2O2/c1-16-6-4-7-19(12-16)15-26-18(3)17(2)22-13-20(9-10-23(22)26)24(27)25-14-21-8-5-11-28-21/h4-13H,14-15H2,1-3H3,(H,25,27). The molecule has 0 aliphatic rings. The van der Waals surface area contributed by atoms with E-state index in [0.29, 0.717) is 12.1 Å². The van der Waals surface area contributed by atoms with Crippen LogP contribution >= 0.6 is 0 Å². The number of carbonyl (C=O) groups excluding carboxylic acids is 1. The maximum atomic E-state index is 12.6. The predicted molar refractivity (Wildman–Crippen MR) is 112 cm³/mol. The van der Waals surface area contributed by atoms with E-state index >= 15 is 0 Å².